The Labute approximate surface area is 103 Å². The zero-order chi connectivity index (χ0) is 12.3. The SMILES string of the molecule is CNCCC(c1ccc2c(c1)OCO2)C(C)C. The first-order chi connectivity index (χ1) is 8.22. The fourth-order valence-corrected chi connectivity index (χ4v) is 2.33. The van der Waals surface area contributed by atoms with Crippen LogP contribution in [0.3, 0.4) is 0 Å². The first-order valence-corrected chi connectivity index (χ1v) is 6.26. The molecule has 1 N–H and O–H groups in total. The van der Waals surface area contributed by atoms with Crippen molar-refractivity contribution in [3.05, 3.63) is 23.8 Å². The van der Waals surface area contributed by atoms with Gasteiger partial charge in [0.05, 0.1) is 0 Å². The van der Waals surface area contributed by atoms with Gasteiger partial charge in [-0.1, -0.05) is 19.9 Å². The van der Waals surface area contributed by atoms with Crippen LogP contribution in [0.25, 0.3) is 0 Å². The van der Waals surface area contributed by atoms with E-state index in [1.165, 1.54) is 5.56 Å². The summed E-state index contributed by atoms with van der Waals surface area (Å²) in [7, 11) is 2.00. The molecule has 3 nitrogen and oxygen atoms in total. The second kappa shape index (κ2) is 5.41. The van der Waals surface area contributed by atoms with E-state index in [2.05, 4.69) is 31.3 Å². The molecule has 0 aromatic heterocycles. The van der Waals surface area contributed by atoms with E-state index in [0.717, 1.165) is 24.5 Å². The molecule has 1 aliphatic rings. The lowest BCUT2D eigenvalue weighted by molar-refractivity contribution is 0.174. The zero-order valence-corrected chi connectivity index (χ0v) is 10.8. The lowest BCUT2D eigenvalue weighted by Gasteiger charge is -2.21. The molecule has 94 valence electrons. The number of nitrogens with one attached hydrogen (secondary N) is 1. The molecule has 1 aromatic rings. The van der Waals surface area contributed by atoms with Crippen molar-refractivity contribution in [2.45, 2.75) is 26.2 Å². The Hall–Kier alpha value is -1.22. The van der Waals surface area contributed by atoms with Crippen molar-refractivity contribution in [3.8, 4) is 11.5 Å². The van der Waals surface area contributed by atoms with Crippen LogP contribution in [0.15, 0.2) is 18.2 Å². The molecule has 1 unspecified atom stereocenters. The van der Waals surface area contributed by atoms with Gasteiger partial charge in [0.15, 0.2) is 11.5 Å². The van der Waals surface area contributed by atoms with Crippen molar-refractivity contribution in [1.29, 1.82) is 0 Å². The molecule has 0 fully saturated rings. The monoisotopic (exact) mass is 235 g/mol. The third-order valence-corrected chi connectivity index (χ3v) is 3.33. The van der Waals surface area contributed by atoms with E-state index in [-0.39, 0.29) is 0 Å². The number of benzene rings is 1. The molecule has 0 radical (unpaired) electrons. The van der Waals surface area contributed by atoms with E-state index >= 15 is 0 Å². The highest BCUT2D eigenvalue weighted by atomic mass is 16.7. The van der Waals surface area contributed by atoms with Gasteiger partial charge in [-0.05, 0) is 49.5 Å². The second-order valence-electron chi connectivity index (χ2n) is 4.86. The van der Waals surface area contributed by atoms with Gasteiger partial charge < -0.3 is 14.8 Å². The van der Waals surface area contributed by atoms with E-state index in [4.69, 9.17) is 9.47 Å². The van der Waals surface area contributed by atoms with Crippen molar-refractivity contribution in [2.75, 3.05) is 20.4 Å². The molecular formula is C14H21NO2. The average Bonchev–Trinajstić information content (AvgIpc) is 2.76. The number of hydrogen-bond donors (Lipinski definition) is 1. The highest BCUT2D eigenvalue weighted by molar-refractivity contribution is 5.45. The molecule has 0 saturated carbocycles. The molecule has 0 bridgehead atoms. The summed E-state index contributed by atoms with van der Waals surface area (Å²) in [6, 6.07) is 6.31. The van der Waals surface area contributed by atoms with Gasteiger partial charge in [0.2, 0.25) is 6.79 Å². The Morgan fingerprint density at radius 3 is 2.71 bits per heavy atom. The normalized spacial score (nSPS) is 15.3. The van der Waals surface area contributed by atoms with Crippen LogP contribution in [0.2, 0.25) is 0 Å². The van der Waals surface area contributed by atoms with E-state index in [1.807, 2.05) is 13.1 Å². The lowest BCUT2D eigenvalue weighted by atomic mass is 9.85. The minimum atomic E-state index is 0.349. The summed E-state index contributed by atoms with van der Waals surface area (Å²) in [6.45, 7) is 5.93. The van der Waals surface area contributed by atoms with Gasteiger partial charge in [0.1, 0.15) is 0 Å². The maximum atomic E-state index is 5.44. The fraction of sp³-hybridized carbons (Fsp3) is 0.571. The lowest BCUT2D eigenvalue weighted by Crippen LogP contribution is -2.15. The summed E-state index contributed by atoms with van der Waals surface area (Å²) < 4.78 is 10.8. The van der Waals surface area contributed by atoms with Crippen molar-refractivity contribution in [1.82, 2.24) is 5.32 Å². The van der Waals surface area contributed by atoms with Crippen LogP contribution in [-0.4, -0.2) is 20.4 Å². The summed E-state index contributed by atoms with van der Waals surface area (Å²) in [4.78, 5) is 0. The molecule has 0 aliphatic carbocycles. The Kier molecular flexibility index (Phi) is 3.89. The molecular weight excluding hydrogens is 214 g/mol. The van der Waals surface area contributed by atoms with Gasteiger partial charge in [-0.2, -0.15) is 0 Å². The van der Waals surface area contributed by atoms with E-state index in [1.54, 1.807) is 0 Å². The Morgan fingerprint density at radius 1 is 1.24 bits per heavy atom. The molecule has 1 heterocycles. The van der Waals surface area contributed by atoms with E-state index < -0.39 is 0 Å². The van der Waals surface area contributed by atoms with Crippen molar-refractivity contribution < 1.29 is 9.47 Å². The van der Waals surface area contributed by atoms with Crippen LogP contribution in [0.4, 0.5) is 0 Å². The zero-order valence-electron chi connectivity index (χ0n) is 10.8. The number of fused-ring (bicyclic) bond motifs is 1. The summed E-state index contributed by atoms with van der Waals surface area (Å²) in [5.74, 6) is 2.95. The minimum absolute atomic E-state index is 0.349. The van der Waals surface area contributed by atoms with Gasteiger partial charge in [-0.15, -0.1) is 0 Å². The Balaban J connectivity index is 2.17. The molecule has 1 atom stereocenters. The van der Waals surface area contributed by atoms with Crippen molar-refractivity contribution in [3.63, 3.8) is 0 Å². The van der Waals surface area contributed by atoms with Gasteiger partial charge in [-0.3, -0.25) is 0 Å². The molecule has 0 saturated heterocycles. The maximum absolute atomic E-state index is 5.44. The van der Waals surface area contributed by atoms with Crippen LogP contribution in [0, 0.1) is 5.92 Å². The summed E-state index contributed by atoms with van der Waals surface area (Å²) >= 11 is 0. The Bertz CT molecular complexity index is 376. The van der Waals surface area contributed by atoms with Gasteiger partial charge in [-0.25, -0.2) is 0 Å². The largest absolute Gasteiger partial charge is 0.454 e. The van der Waals surface area contributed by atoms with Crippen LogP contribution in [-0.2, 0) is 0 Å². The van der Waals surface area contributed by atoms with E-state index in [0.29, 0.717) is 18.6 Å². The first-order valence-electron chi connectivity index (χ1n) is 6.26. The molecule has 1 aliphatic heterocycles. The predicted molar refractivity (Wildman–Crippen MR) is 68.7 cm³/mol. The predicted octanol–water partition coefficient (Wildman–Crippen LogP) is 2.76. The third kappa shape index (κ3) is 2.72. The molecule has 17 heavy (non-hydrogen) atoms. The third-order valence-electron chi connectivity index (χ3n) is 3.33. The second-order valence-corrected chi connectivity index (χ2v) is 4.86. The molecule has 0 amide bonds. The fourth-order valence-electron chi connectivity index (χ4n) is 2.33. The van der Waals surface area contributed by atoms with Crippen molar-refractivity contribution >= 4 is 0 Å². The van der Waals surface area contributed by atoms with Gasteiger partial charge in [0.25, 0.3) is 0 Å². The molecule has 0 spiro atoms. The highest BCUT2D eigenvalue weighted by Gasteiger charge is 2.19. The number of hydrogen-bond acceptors (Lipinski definition) is 3. The first kappa shape index (κ1) is 12.2. The van der Waals surface area contributed by atoms with Crippen LogP contribution in [0.5, 0.6) is 11.5 Å². The van der Waals surface area contributed by atoms with Gasteiger partial charge in [0, 0.05) is 0 Å². The quantitative estimate of drug-likeness (QED) is 0.851. The summed E-state index contributed by atoms with van der Waals surface area (Å²) in [6.07, 6.45) is 1.15. The van der Waals surface area contributed by atoms with Crippen LogP contribution in [0.1, 0.15) is 31.7 Å². The molecule has 1 aromatic carbocycles. The summed E-state index contributed by atoms with van der Waals surface area (Å²) in [5.41, 5.74) is 1.35. The van der Waals surface area contributed by atoms with E-state index in [9.17, 15) is 0 Å². The summed E-state index contributed by atoms with van der Waals surface area (Å²) in [5, 5.41) is 3.22. The average molecular weight is 235 g/mol. The topological polar surface area (TPSA) is 30.5 Å². The van der Waals surface area contributed by atoms with Crippen LogP contribution >= 0.6 is 0 Å². The number of ether oxygens (including phenoxy) is 2. The maximum Gasteiger partial charge on any atom is 0.231 e. The highest BCUT2D eigenvalue weighted by Crippen LogP contribution is 2.37. The number of rotatable bonds is 5. The standard InChI is InChI=1S/C14H21NO2/c1-10(2)12(6-7-15-3)11-4-5-13-14(8-11)17-9-16-13/h4-5,8,10,12,15H,6-7,9H2,1-3H3. The molecule has 3 heteroatoms. The smallest absolute Gasteiger partial charge is 0.231 e. The van der Waals surface area contributed by atoms with Crippen LogP contribution < -0.4 is 14.8 Å². The minimum Gasteiger partial charge on any atom is -0.454 e. The van der Waals surface area contributed by atoms with Crippen molar-refractivity contribution in [2.24, 2.45) is 5.92 Å². The Morgan fingerprint density at radius 2 is 2.00 bits per heavy atom. The van der Waals surface area contributed by atoms with Gasteiger partial charge >= 0.3 is 0 Å². The molecule has 2 rings (SSSR count).